The van der Waals surface area contributed by atoms with Crippen molar-refractivity contribution in [1.82, 2.24) is 9.55 Å². The zero-order valence-corrected chi connectivity index (χ0v) is 12.9. The van der Waals surface area contributed by atoms with Crippen molar-refractivity contribution in [2.45, 2.75) is 19.6 Å². The molecule has 3 aromatic rings. The Kier molecular flexibility index (Phi) is 3.69. The van der Waals surface area contributed by atoms with Gasteiger partial charge < -0.3 is 10.5 Å². The van der Waals surface area contributed by atoms with Crippen molar-refractivity contribution in [3.63, 3.8) is 0 Å². The summed E-state index contributed by atoms with van der Waals surface area (Å²) in [5.74, 6) is 0.947. The topological polar surface area (TPSA) is 53.1 Å². The van der Waals surface area contributed by atoms with Gasteiger partial charge in [-0.15, -0.1) is 0 Å². The second-order valence-electron chi connectivity index (χ2n) is 5.80. The molecule has 1 aliphatic heterocycles. The molecule has 4 heteroatoms. The maximum atomic E-state index is 5.61. The smallest absolute Gasteiger partial charge is 0.144 e. The van der Waals surface area contributed by atoms with Crippen LogP contribution in [0.25, 0.3) is 17.1 Å². The molecule has 0 saturated carbocycles. The van der Waals surface area contributed by atoms with Crippen LogP contribution in [0, 0.1) is 0 Å². The SMILES string of the molecule is NCCc1ccc(-c2nccn2-c2ccc3c(c2)COC3)cc1. The first-order chi connectivity index (χ1) is 11.3. The first-order valence-corrected chi connectivity index (χ1v) is 7.88. The van der Waals surface area contributed by atoms with E-state index in [1.54, 1.807) is 0 Å². The van der Waals surface area contributed by atoms with Crippen LogP contribution >= 0.6 is 0 Å². The Bertz CT molecular complexity index is 821. The number of rotatable bonds is 4. The molecule has 0 aliphatic carbocycles. The number of imidazole rings is 1. The lowest BCUT2D eigenvalue weighted by Crippen LogP contribution is -2.02. The molecule has 0 fully saturated rings. The Morgan fingerprint density at radius 1 is 1.04 bits per heavy atom. The summed E-state index contributed by atoms with van der Waals surface area (Å²) in [7, 11) is 0. The quantitative estimate of drug-likeness (QED) is 0.806. The third-order valence-corrected chi connectivity index (χ3v) is 4.27. The maximum Gasteiger partial charge on any atom is 0.144 e. The van der Waals surface area contributed by atoms with E-state index in [9.17, 15) is 0 Å². The van der Waals surface area contributed by atoms with Crippen molar-refractivity contribution in [2.24, 2.45) is 5.73 Å². The van der Waals surface area contributed by atoms with E-state index in [0.717, 1.165) is 30.1 Å². The van der Waals surface area contributed by atoms with Gasteiger partial charge in [-0.3, -0.25) is 4.57 Å². The second kappa shape index (κ2) is 5.99. The van der Waals surface area contributed by atoms with Gasteiger partial charge in [-0.1, -0.05) is 30.3 Å². The molecule has 0 atom stereocenters. The molecule has 23 heavy (non-hydrogen) atoms. The van der Waals surface area contributed by atoms with E-state index in [4.69, 9.17) is 10.5 Å². The average molecular weight is 305 g/mol. The lowest BCUT2D eigenvalue weighted by Gasteiger charge is -2.10. The van der Waals surface area contributed by atoms with E-state index in [1.165, 1.54) is 16.7 Å². The summed E-state index contributed by atoms with van der Waals surface area (Å²) in [5.41, 5.74) is 11.6. The van der Waals surface area contributed by atoms with Gasteiger partial charge in [0.1, 0.15) is 5.82 Å². The number of hydrogen-bond donors (Lipinski definition) is 1. The van der Waals surface area contributed by atoms with Crippen LogP contribution < -0.4 is 5.73 Å². The lowest BCUT2D eigenvalue weighted by molar-refractivity contribution is 0.134. The van der Waals surface area contributed by atoms with E-state index in [2.05, 4.69) is 52.0 Å². The van der Waals surface area contributed by atoms with Gasteiger partial charge in [0.2, 0.25) is 0 Å². The highest BCUT2D eigenvalue weighted by Gasteiger charge is 2.14. The van der Waals surface area contributed by atoms with E-state index < -0.39 is 0 Å². The lowest BCUT2D eigenvalue weighted by atomic mass is 10.1. The highest BCUT2D eigenvalue weighted by molar-refractivity contribution is 5.59. The molecule has 1 aromatic heterocycles. The fourth-order valence-corrected chi connectivity index (χ4v) is 3.02. The van der Waals surface area contributed by atoms with E-state index in [1.807, 2.05) is 12.4 Å². The number of ether oxygens (including phenoxy) is 1. The van der Waals surface area contributed by atoms with Crippen LogP contribution in [0.15, 0.2) is 54.9 Å². The molecule has 2 N–H and O–H groups in total. The van der Waals surface area contributed by atoms with Gasteiger partial charge in [-0.2, -0.15) is 0 Å². The van der Waals surface area contributed by atoms with Crippen molar-refractivity contribution in [3.05, 3.63) is 71.5 Å². The Morgan fingerprint density at radius 2 is 1.87 bits per heavy atom. The molecule has 0 spiro atoms. The zero-order valence-electron chi connectivity index (χ0n) is 12.9. The monoisotopic (exact) mass is 305 g/mol. The summed E-state index contributed by atoms with van der Waals surface area (Å²) in [5, 5.41) is 0. The molecule has 0 bridgehead atoms. The largest absolute Gasteiger partial charge is 0.372 e. The summed E-state index contributed by atoms with van der Waals surface area (Å²) in [6.45, 7) is 2.08. The second-order valence-corrected chi connectivity index (χ2v) is 5.80. The van der Waals surface area contributed by atoms with E-state index in [0.29, 0.717) is 13.2 Å². The molecular weight excluding hydrogens is 286 g/mol. The third-order valence-electron chi connectivity index (χ3n) is 4.27. The summed E-state index contributed by atoms with van der Waals surface area (Å²) < 4.78 is 7.62. The zero-order chi connectivity index (χ0) is 15.6. The highest BCUT2D eigenvalue weighted by Crippen LogP contribution is 2.26. The van der Waals surface area contributed by atoms with Crippen LogP contribution in [0.5, 0.6) is 0 Å². The fourth-order valence-electron chi connectivity index (χ4n) is 3.02. The predicted octanol–water partition coefficient (Wildman–Crippen LogP) is 3.07. The first kappa shape index (κ1) is 14.2. The summed E-state index contributed by atoms with van der Waals surface area (Å²) in [4.78, 5) is 4.54. The molecule has 2 aromatic carbocycles. The molecule has 116 valence electrons. The van der Waals surface area contributed by atoms with Gasteiger partial charge in [-0.05, 0) is 41.8 Å². The molecule has 4 nitrogen and oxygen atoms in total. The number of nitrogens with two attached hydrogens (primary N) is 1. The standard InChI is InChI=1S/C19H19N3O/c20-8-7-14-1-3-15(4-2-14)19-21-9-10-22(19)18-6-5-16-12-23-13-17(16)11-18/h1-6,9-11H,7-8,12-13,20H2. The van der Waals surface area contributed by atoms with Crippen LogP contribution in [0.3, 0.4) is 0 Å². The van der Waals surface area contributed by atoms with Crippen molar-refractivity contribution in [3.8, 4) is 17.1 Å². The Labute approximate surface area is 135 Å². The number of benzene rings is 2. The van der Waals surface area contributed by atoms with Crippen molar-refractivity contribution >= 4 is 0 Å². The first-order valence-electron chi connectivity index (χ1n) is 7.88. The number of hydrogen-bond acceptors (Lipinski definition) is 3. The van der Waals surface area contributed by atoms with Crippen molar-refractivity contribution in [2.75, 3.05) is 6.54 Å². The van der Waals surface area contributed by atoms with Crippen LogP contribution in [-0.2, 0) is 24.4 Å². The van der Waals surface area contributed by atoms with Crippen LogP contribution in [0.4, 0.5) is 0 Å². The maximum absolute atomic E-state index is 5.61. The predicted molar refractivity (Wildman–Crippen MR) is 90.3 cm³/mol. The summed E-state index contributed by atoms with van der Waals surface area (Å²) >= 11 is 0. The fraction of sp³-hybridized carbons (Fsp3) is 0.211. The minimum Gasteiger partial charge on any atom is -0.372 e. The van der Waals surface area contributed by atoms with Crippen LogP contribution in [0.1, 0.15) is 16.7 Å². The average Bonchev–Trinajstić information content (AvgIpc) is 3.24. The highest BCUT2D eigenvalue weighted by atomic mass is 16.5. The van der Waals surface area contributed by atoms with Crippen molar-refractivity contribution in [1.29, 1.82) is 0 Å². The molecule has 1 aliphatic rings. The summed E-state index contributed by atoms with van der Waals surface area (Å²) in [6.07, 6.45) is 4.74. The van der Waals surface area contributed by atoms with Crippen LogP contribution in [0.2, 0.25) is 0 Å². The van der Waals surface area contributed by atoms with Crippen molar-refractivity contribution < 1.29 is 4.74 Å². The van der Waals surface area contributed by atoms with Crippen LogP contribution in [-0.4, -0.2) is 16.1 Å². The van der Waals surface area contributed by atoms with E-state index in [-0.39, 0.29) is 0 Å². The Morgan fingerprint density at radius 3 is 2.70 bits per heavy atom. The number of aromatic nitrogens is 2. The van der Waals surface area contributed by atoms with Gasteiger partial charge in [0, 0.05) is 23.6 Å². The van der Waals surface area contributed by atoms with E-state index >= 15 is 0 Å². The minimum atomic E-state index is 0.672. The van der Waals surface area contributed by atoms with Gasteiger partial charge >= 0.3 is 0 Å². The molecular formula is C19H19N3O. The molecule has 4 rings (SSSR count). The molecule has 0 saturated heterocycles. The molecule has 0 radical (unpaired) electrons. The Hall–Kier alpha value is -2.43. The third kappa shape index (κ3) is 2.67. The van der Waals surface area contributed by atoms with Gasteiger partial charge in [-0.25, -0.2) is 4.98 Å². The van der Waals surface area contributed by atoms with Gasteiger partial charge in [0.15, 0.2) is 0 Å². The van der Waals surface area contributed by atoms with Gasteiger partial charge in [0.25, 0.3) is 0 Å². The Balaban J connectivity index is 1.71. The number of nitrogens with zero attached hydrogens (tertiary/aromatic N) is 2. The molecule has 0 unspecified atom stereocenters. The minimum absolute atomic E-state index is 0.672. The van der Waals surface area contributed by atoms with Gasteiger partial charge in [0.05, 0.1) is 13.2 Å². The normalized spacial score (nSPS) is 13.3. The molecule has 0 amide bonds. The number of fused-ring (bicyclic) bond motifs is 1. The molecule has 2 heterocycles. The summed E-state index contributed by atoms with van der Waals surface area (Å²) in [6, 6.07) is 14.9.